The molecule has 0 saturated heterocycles. The number of nitrogens with two attached hydrogens (primary N) is 1. The van der Waals surface area contributed by atoms with Crippen LogP contribution in [-0.4, -0.2) is 25.2 Å². The second-order valence-electron chi connectivity index (χ2n) is 3.61. The van der Waals surface area contributed by atoms with Crippen molar-refractivity contribution in [1.82, 2.24) is 0 Å². The molecular weight excluding hydrogens is 234 g/mol. The monoisotopic (exact) mass is 251 g/mol. The lowest BCUT2D eigenvalue weighted by Crippen LogP contribution is -2.26. The molecule has 0 radical (unpaired) electrons. The Morgan fingerprint density at radius 2 is 1.72 bits per heavy atom. The van der Waals surface area contributed by atoms with E-state index in [2.05, 4.69) is 0 Å². The van der Waals surface area contributed by atoms with Crippen molar-refractivity contribution in [2.24, 2.45) is 0 Å². The van der Waals surface area contributed by atoms with Gasteiger partial charge in [0.2, 0.25) is 0 Å². The maximum atomic E-state index is 11.8. The highest BCUT2D eigenvalue weighted by Crippen LogP contribution is 2.21. The van der Waals surface area contributed by atoms with Gasteiger partial charge in [0, 0.05) is 5.69 Å². The topological polar surface area (TPSA) is 78.6 Å². The molecule has 5 heteroatoms. The highest BCUT2D eigenvalue weighted by molar-refractivity contribution is 6.01. The minimum atomic E-state index is -1.08. The molecule has 1 aromatic rings. The first kappa shape index (κ1) is 14.0. The Morgan fingerprint density at radius 3 is 2.17 bits per heavy atom. The van der Waals surface area contributed by atoms with E-state index in [1.54, 1.807) is 38.1 Å². The first-order chi connectivity index (χ1) is 8.60. The fourth-order valence-electron chi connectivity index (χ4n) is 1.56. The minimum Gasteiger partial charge on any atom is -0.465 e. The molecule has 18 heavy (non-hydrogen) atoms. The molecule has 0 aliphatic heterocycles. The molecule has 5 nitrogen and oxygen atoms in total. The summed E-state index contributed by atoms with van der Waals surface area (Å²) in [5, 5.41) is 0. The Kier molecular flexibility index (Phi) is 5.17. The molecule has 1 aromatic carbocycles. The largest absolute Gasteiger partial charge is 0.465 e. The number of carbonyl (C=O) groups is 2. The Balaban J connectivity index is 3.03. The predicted octanol–water partition coefficient (Wildman–Crippen LogP) is 1.48. The molecular formula is C13H17NO4. The molecule has 0 aliphatic carbocycles. The average Bonchev–Trinajstić information content (AvgIpc) is 2.30. The van der Waals surface area contributed by atoms with E-state index in [1.807, 2.05) is 0 Å². The van der Waals surface area contributed by atoms with E-state index in [9.17, 15) is 9.59 Å². The molecule has 0 aromatic heterocycles. The Hall–Kier alpha value is -2.04. The third kappa shape index (κ3) is 3.48. The maximum absolute atomic E-state index is 11.8. The highest BCUT2D eigenvalue weighted by Gasteiger charge is 2.31. The second-order valence-corrected chi connectivity index (χ2v) is 3.61. The van der Waals surface area contributed by atoms with E-state index in [-0.39, 0.29) is 13.2 Å². The molecule has 98 valence electrons. The van der Waals surface area contributed by atoms with E-state index in [0.717, 1.165) is 0 Å². The van der Waals surface area contributed by atoms with Crippen LogP contribution in [0.4, 0.5) is 5.69 Å². The summed E-state index contributed by atoms with van der Waals surface area (Å²) >= 11 is 0. The molecule has 0 atom stereocenters. The summed E-state index contributed by atoms with van der Waals surface area (Å²) in [6.45, 7) is 3.77. The second kappa shape index (κ2) is 6.64. The lowest BCUT2D eigenvalue weighted by Gasteiger charge is -2.14. The third-order valence-corrected chi connectivity index (χ3v) is 2.29. The van der Waals surface area contributed by atoms with Crippen LogP contribution in [-0.2, 0) is 19.1 Å². The van der Waals surface area contributed by atoms with E-state index in [1.165, 1.54) is 0 Å². The highest BCUT2D eigenvalue weighted by atomic mass is 16.6. The van der Waals surface area contributed by atoms with E-state index in [0.29, 0.717) is 11.3 Å². The van der Waals surface area contributed by atoms with Crippen LogP contribution < -0.4 is 5.73 Å². The van der Waals surface area contributed by atoms with Crippen LogP contribution in [0.5, 0.6) is 0 Å². The summed E-state index contributed by atoms with van der Waals surface area (Å²) in [6.07, 6.45) is 0. The number of esters is 2. The van der Waals surface area contributed by atoms with Gasteiger partial charge in [-0.25, -0.2) is 0 Å². The van der Waals surface area contributed by atoms with Gasteiger partial charge in [-0.15, -0.1) is 0 Å². The van der Waals surface area contributed by atoms with Gasteiger partial charge in [-0.05, 0) is 31.5 Å². The van der Waals surface area contributed by atoms with Crippen molar-refractivity contribution in [3.8, 4) is 0 Å². The van der Waals surface area contributed by atoms with Crippen LogP contribution in [0.2, 0.25) is 0 Å². The summed E-state index contributed by atoms with van der Waals surface area (Å²) in [5.41, 5.74) is 6.60. The smallest absolute Gasteiger partial charge is 0.324 e. The number of ether oxygens (including phenoxy) is 2. The summed E-state index contributed by atoms with van der Waals surface area (Å²) in [5.74, 6) is -2.32. The number of anilines is 1. The fourth-order valence-corrected chi connectivity index (χ4v) is 1.56. The van der Waals surface area contributed by atoms with Crippen LogP contribution in [0, 0.1) is 0 Å². The summed E-state index contributed by atoms with van der Waals surface area (Å²) in [7, 11) is 0. The maximum Gasteiger partial charge on any atom is 0.324 e. The molecule has 0 heterocycles. The van der Waals surface area contributed by atoms with Crippen LogP contribution >= 0.6 is 0 Å². The van der Waals surface area contributed by atoms with Gasteiger partial charge in [-0.1, -0.05) is 12.1 Å². The number of hydrogen-bond acceptors (Lipinski definition) is 5. The molecule has 1 rings (SSSR count). The predicted molar refractivity (Wildman–Crippen MR) is 66.9 cm³/mol. The standard InChI is InChI=1S/C13H17NO4/c1-3-17-12(15)11(13(16)18-4-2)9-6-5-7-10(14)8-9/h5-8,11H,3-4,14H2,1-2H3. The summed E-state index contributed by atoms with van der Waals surface area (Å²) in [4.78, 5) is 23.6. The molecule has 0 bridgehead atoms. The SMILES string of the molecule is CCOC(=O)C(C(=O)OCC)c1cccc(N)c1. The Morgan fingerprint density at radius 1 is 1.17 bits per heavy atom. The first-order valence-corrected chi connectivity index (χ1v) is 5.78. The van der Waals surface area contributed by atoms with Crippen molar-refractivity contribution in [2.45, 2.75) is 19.8 Å². The molecule has 0 unspecified atom stereocenters. The Labute approximate surface area is 106 Å². The van der Waals surface area contributed by atoms with Crippen LogP contribution in [0.3, 0.4) is 0 Å². The molecule has 0 spiro atoms. The summed E-state index contributed by atoms with van der Waals surface area (Å²) in [6, 6.07) is 6.57. The van der Waals surface area contributed by atoms with Gasteiger partial charge < -0.3 is 15.2 Å². The lowest BCUT2D eigenvalue weighted by molar-refractivity contribution is -0.156. The quantitative estimate of drug-likeness (QED) is 0.487. The van der Waals surface area contributed by atoms with Crippen LogP contribution in [0.1, 0.15) is 25.3 Å². The van der Waals surface area contributed by atoms with Gasteiger partial charge in [0.1, 0.15) is 0 Å². The number of carbonyl (C=O) groups excluding carboxylic acids is 2. The normalized spacial score (nSPS) is 10.2. The van der Waals surface area contributed by atoms with Crippen LogP contribution in [0.15, 0.2) is 24.3 Å². The van der Waals surface area contributed by atoms with E-state index in [4.69, 9.17) is 15.2 Å². The fraction of sp³-hybridized carbons (Fsp3) is 0.385. The number of benzene rings is 1. The van der Waals surface area contributed by atoms with Crippen molar-refractivity contribution in [3.63, 3.8) is 0 Å². The minimum absolute atomic E-state index is 0.205. The van der Waals surface area contributed by atoms with Gasteiger partial charge in [0.25, 0.3) is 0 Å². The van der Waals surface area contributed by atoms with Crippen molar-refractivity contribution in [1.29, 1.82) is 0 Å². The molecule has 0 aliphatic rings. The zero-order valence-corrected chi connectivity index (χ0v) is 10.5. The van der Waals surface area contributed by atoms with E-state index < -0.39 is 17.9 Å². The first-order valence-electron chi connectivity index (χ1n) is 5.78. The van der Waals surface area contributed by atoms with Crippen molar-refractivity contribution < 1.29 is 19.1 Å². The Bertz CT molecular complexity index is 413. The van der Waals surface area contributed by atoms with Gasteiger partial charge >= 0.3 is 11.9 Å². The number of hydrogen-bond donors (Lipinski definition) is 1. The van der Waals surface area contributed by atoms with Crippen molar-refractivity contribution in [2.75, 3.05) is 18.9 Å². The molecule has 0 saturated carbocycles. The lowest BCUT2D eigenvalue weighted by atomic mass is 9.99. The van der Waals surface area contributed by atoms with E-state index >= 15 is 0 Å². The van der Waals surface area contributed by atoms with Gasteiger partial charge in [0.15, 0.2) is 5.92 Å². The number of rotatable bonds is 5. The molecule has 0 amide bonds. The number of nitrogen functional groups attached to an aromatic ring is 1. The van der Waals surface area contributed by atoms with Crippen molar-refractivity contribution >= 4 is 17.6 Å². The van der Waals surface area contributed by atoms with Crippen LogP contribution in [0.25, 0.3) is 0 Å². The van der Waals surface area contributed by atoms with Gasteiger partial charge in [0.05, 0.1) is 13.2 Å². The zero-order valence-electron chi connectivity index (χ0n) is 10.5. The molecule has 2 N–H and O–H groups in total. The van der Waals surface area contributed by atoms with Crippen molar-refractivity contribution in [3.05, 3.63) is 29.8 Å². The third-order valence-electron chi connectivity index (χ3n) is 2.29. The molecule has 0 fully saturated rings. The average molecular weight is 251 g/mol. The zero-order chi connectivity index (χ0) is 13.5. The van der Waals surface area contributed by atoms with Gasteiger partial charge in [-0.3, -0.25) is 9.59 Å². The summed E-state index contributed by atoms with van der Waals surface area (Å²) < 4.78 is 9.77. The van der Waals surface area contributed by atoms with Gasteiger partial charge in [-0.2, -0.15) is 0 Å².